The first-order valence-electron chi connectivity index (χ1n) is 10.9. The average molecular weight is 441 g/mol. The Morgan fingerprint density at radius 1 is 0.529 bits per heavy atom. The van der Waals surface area contributed by atoms with Crippen LogP contribution in [0, 0.1) is 0 Å². The van der Waals surface area contributed by atoms with Crippen LogP contribution in [0.3, 0.4) is 0 Å². The van der Waals surface area contributed by atoms with Crippen LogP contribution in [0.5, 0.6) is 0 Å². The molecular formula is C28H20N6. The molecule has 0 amide bonds. The zero-order valence-corrected chi connectivity index (χ0v) is 18.2. The lowest BCUT2D eigenvalue weighted by atomic mass is 9.91. The number of hydrogen-bond acceptors (Lipinski definition) is 6. The topological polar surface area (TPSA) is 104 Å². The molecule has 4 N–H and O–H groups in total. The van der Waals surface area contributed by atoms with Gasteiger partial charge in [0.25, 0.3) is 0 Å². The van der Waals surface area contributed by atoms with Crippen LogP contribution >= 0.6 is 0 Å². The Labute approximate surface area is 196 Å². The van der Waals surface area contributed by atoms with Crippen molar-refractivity contribution < 1.29 is 0 Å². The van der Waals surface area contributed by atoms with Crippen molar-refractivity contribution in [3.8, 4) is 33.8 Å². The Kier molecular flexibility index (Phi) is 4.63. The Morgan fingerprint density at radius 2 is 1.35 bits per heavy atom. The number of benzene rings is 4. The second kappa shape index (κ2) is 7.94. The van der Waals surface area contributed by atoms with Crippen molar-refractivity contribution in [3.05, 3.63) is 97.6 Å². The third-order valence-corrected chi connectivity index (χ3v) is 5.93. The van der Waals surface area contributed by atoms with Gasteiger partial charge in [-0.15, -0.1) is 0 Å². The molecule has 0 unspecified atom stereocenters. The fourth-order valence-electron chi connectivity index (χ4n) is 4.30. The van der Waals surface area contributed by atoms with Crippen LogP contribution < -0.4 is 11.5 Å². The highest BCUT2D eigenvalue weighted by Gasteiger charge is 2.13. The molecule has 0 spiro atoms. The summed E-state index contributed by atoms with van der Waals surface area (Å²) in [6.45, 7) is 0. The normalized spacial score (nSPS) is 11.2. The summed E-state index contributed by atoms with van der Waals surface area (Å²) in [5, 5.41) is 4.55. The van der Waals surface area contributed by atoms with Gasteiger partial charge in [0.05, 0.1) is 36.2 Å². The number of nitrogen functional groups attached to an aromatic ring is 2. The molecule has 0 saturated carbocycles. The average Bonchev–Trinajstić information content (AvgIpc) is 2.88. The monoisotopic (exact) mass is 440 g/mol. The molecule has 0 aliphatic rings. The molecule has 0 fully saturated rings. The second-order valence-electron chi connectivity index (χ2n) is 8.15. The van der Waals surface area contributed by atoms with Gasteiger partial charge in [0.2, 0.25) is 0 Å². The fourth-order valence-corrected chi connectivity index (χ4v) is 4.30. The molecule has 6 nitrogen and oxygen atoms in total. The molecule has 6 heteroatoms. The predicted octanol–water partition coefficient (Wildman–Crippen LogP) is 5.74. The van der Waals surface area contributed by atoms with Crippen molar-refractivity contribution in [1.29, 1.82) is 0 Å². The van der Waals surface area contributed by atoms with Gasteiger partial charge in [-0.2, -0.15) is 0 Å². The summed E-state index contributed by atoms with van der Waals surface area (Å²) in [4.78, 5) is 17.5. The molecule has 0 radical (unpaired) electrons. The number of nitrogens with two attached hydrogens (primary N) is 2. The van der Waals surface area contributed by atoms with Gasteiger partial charge >= 0.3 is 0 Å². The van der Waals surface area contributed by atoms with Crippen LogP contribution in [0.2, 0.25) is 0 Å². The van der Waals surface area contributed by atoms with Gasteiger partial charge in [-0.3, -0.25) is 4.98 Å². The number of hydrogen-bond donors (Lipinski definition) is 2. The van der Waals surface area contributed by atoms with E-state index in [4.69, 9.17) is 11.5 Å². The molecule has 0 bridgehead atoms. The van der Waals surface area contributed by atoms with Crippen LogP contribution in [0.4, 0.5) is 11.5 Å². The quantitative estimate of drug-likeness (QED) is 0.364. The lowest BCUT2D eigenvalue weighted by Gasteiger charge is -2.14. The molecule has 162 valence electrons. The van der Waals surface area contributed by atoms with Crippen LogP contribution in [0.25, 0.3) is 55.3 Å². The molecule has 0 aliphatic heterocycles. The van der Waals surface area contributed by atoms with Crippen LogP contribution in [0.1, 0.15) is 0 Å². The van der Waals surface area contributed by atoms with E-state index >= 15 is 0 Å². The summed E-state index contributed by atoms with van der Waals surface area (Å²) in [6, 6.07) is 25.3. The SMILES string of the molecule is Nc1cnc(-c2ccc3cccc(-c4cc(-c5cnc(N)cn5)cc5ccccc45)c3c2)nc1. The van der Waals surface area contributed by atoms with Crippen molar-refractivity contribution in [2.45, 2.75) is 0 Å². The van der Waals surface area contributed by atoms with Gasteiger partial charge in [0.15, 0.2) is 5.82 Å². The number of anilines is 2. The predicted molar refractivity (Wildman–Crippen MR) is 138 cm³/mol. The summed E-state index contributed by atoms with van der Waals surface area (Å²) < 4.78 is 0. The molecular weight excluding hydrogens is 420 g/mol. The van der Waals surface area contributed by atoms with Gasteiger partial charge in [-0.25, -0.2) is 15.0 Å². The van der Waals surface area contributed by atoms with Gasteiger partial charge < -0.3 is 11.5 Å². The molecule has 2 heterocycles. The van der Waals surface area contributed by atoms with Crippen molar-refractivity contribution in [2.75, 3.05) is 11.5 Å². The third kappa shape index (κ3) is 3.47. The molecule has 0 saturated heterocycles. The number of fused-ring (bicyclic) bond motifs is 2. The maximum Gasteiger partial charge on any atom is 0.159 e. The summed E-state index contributed by atoms with van der Waals surface area (Å²) >= 11 is 0. The maximum atomic E-state index is 5.78. The first kappa shape index (κ1) is 19.8. The van der Waals surface area contributed by atoms with Crippen molar-refractivity contribution in [3.63, 3.8) is 0 Å². The van der Waals surface area contributed by atoms with E-state index < -0.39 is 0 Å². The van der Waals surface area contributed by atoms with E-state index in [0.29, 0.717) is 17.3 Å². The molecule has 34 heavy (non-hydrogen) atoms. The molecule has 0 aliphatic carbocycles. The lowest BCUT2D eigenvalue weighted by Crippen LogP contribution is -1.94. The minimum absolute atomic E-state index is 0.399. The highest BCUT2D eigenvalue weighted by atomic mass is 14.9. The molecule has 0 atom stereocenters. The van der Waals surface area contributed by atoms with E-state index in [1.54, 1.807) is 24.8 Å². The summed E-state index contributed by atoms with van der Waals surface area (Å²) in [7, 11) is 0. The maximum absolute atomic E-state index is 5.78. The van der Waals surface area contributed by atoms with E-state index in [1.165, 1.54) is 0 Å². The molecule has 6 aromatic rings. The van der Waals surface area contributed by atoms with Crippen LogP contribution in [-0.2, 0) is 0 Å². The summed E-state index contributed by atoms with van der Waals surface area (Å²) in [6.07, 6.45) is 6.55. The van der Waals surface area contributed by atoms with E-state index in [1.807, 2.05) is 12.1 Å². The highest BCUT2D eigenvalue weighted by Crippen LogP contribution is 2.38. The zero-order valence-electron chi connectivity index (χ0n) is 18.2. The first-order chi connectivity index (χ1) is 16.7. The summed E-state index contributed by atoms with van der Waals surface area (Å²) in [5.41, 5.74) is 17.0. The van der Waals surface area contributed by atoms with Crippen molar-refractivity contribution in [1.82, 2.24) is 19.9 Å². The van der Waals surface area contributed by atoms with Gasteiger partial charge in [-0.05, 0) is 50.9 Å². The minimum Gasteiger partial charge on any atom is -0.396 e. The van der Waals surface area contributed by atoms with Gasteiger partial charge in [-0.1, -0.05) is 54.6 Å². The van der Waals surface area contributed by atoms with Crippen molar-refractivity contribution in [2.24, 2.45) is 0 Å². The highest BCUT2D eigenvalue weighted by molar-refractivity contribution is 6.07. The Bertz CT molecular complexity index is 1660. The standard InChI is InChI=1S/C28H20N6/c29-21-13-33-28(34-14-21)19-9-8-17-5-3-7-23(24(17)11-19)25-12-20(26-15-32-27(30)16-31-26)10-18-4-1-2-6-22(18)25/h1-16H,29H2,(H2,30,32). The number of nitrogens with zero attached hydrogens (tertiary/aromatic N) is 4. The van der Waals surface area contributed by atoms with Crippen LogP contribution in [0.15, 0.2) is 97.6 Å². The fraction of sp³-hybridized carbons (Fsp3) is 0. The molecule has 2 aromatic heterocycles. The Hall–Kier alpha value is -4.84. The van der Waals surface area contributed by atoms with E-state index in [2.05, 4.69) is 80.6 Å². The second-order valence-corrected chi connectivity index (χ2v) is 8.15. The smallest absolute Gasteiger partial charge is 0.159 e. The molecule has 6 rings (SSSR count). The number of rotatable bonds is 3. The minimum atomic E-state index is 0.399. The number of aromatic nitrogens is 4. The summed E-state index contributed by atoms with van der Waals surface area (Å²) in [5.74, 6) is 1.04. The van der Waals surface area contributed by atoms with Gasteiger partial charge in [0.1, 0.15) is 5.82 Å². The van der Waals surface area contributed by atoms with Gasteiger partial charge in [0, 0.05) is 11.1 Å². The molecule has 4 aromatic carbocycles. The van der Waals surface area contributed by atoms with E-state index in [0.717, 1.165) is 49.5 Å². The lowest BCUT2D eigenvalue weighted by molar-refractivity contribution is 1.18. The van der Waals surface area contributed by atoms with E-state index in [9.17, 15) is 0 Å². The third-order valence-electron chi connectivity index (χ3n) is 5.93. The largest absolute Gasteiger partial charge is 0.396 e. The van der Waals surface area contributed by atoms with Crippen LogP contribution in [-0.4, -0.2) is 19.9 Å². The van der Waals surface area contributed by atoms with E-state index in [-0.39, 0.29) is 0 Å². The van der Waals surface area contributed by atoms with Crippen molar-refractivity contribution >= 4 is 33.1 Å². The Balaban J connectivity index is 1.61. The zero-order chi connectivity index (χ0) is 23.1. The first-order valence-corrected chi connectivity index (χ1v) is 10.9. The Morgan fingerprint density at radius 3 is 2.18 bits per heavy atom.